The van der Waals surface area contributed by atoms with Crippen LogP contribution in [0.15, 0.2) is 48.7 Å². The highest BCUT2D eigenvalue weighted by Crippen LogP contribution is 2.34. The third-order valence-corrected chi connectivity index (χ3v) is 5.98. The summed E-state index contributed by atoms with van der Waals surface area (Å²) < 4.78 is 17.6. The molecule has 2 aromatic carbocycles. The Balaban J connectivity index is 1.86. The maximum Gasteiger partial charge on any atom is 0.356 e. The van der Waals surface area contributed by atoms with Gasteiger partial charge in [-0.2, -0.15) is 0 Å². The molecule has 30 heavy (non-hydrogen) atoms. The molecule has 1 aromatic heterocycles. The van der Waals surface area contributed by atoms with Gasteiger partial charge in [0.2, 0.25) is 0 Å². The van der Waals surface area contributed by atoms with Crippen LogP contribution in [-0.4, -0.2) is 20.7 Å². The number of carbonyl (C=O) groups is 1. The van der Waals surface area contributed by atoms with Gasteiger partial charge in [0.1, 0.15) is 15.8 Å². The minimum absolute atomic E-state index is 0.0921. The van der Waals surface area contributed by atoms with Gasteiger partial charge in [-0.1, -0.05) is 36.8 Å². The van der Waals surface area contributed by atoms with Gasteiger partial charge in [-0.3, -0.25) is 14.7 Å². The second-order valence-electron chi connectivity index (χ2n) is 7.03. The van der Waals surface area contributed by atoms with Crippen molar-refractivity contribution in [1.82, 2.24) is 4.98 Å². The fraction of sp³-hybridized carbons (Fsp3) is 0.200. The van der Waals surface area contributed by atoms with Gasteiger partial charge in [-0.15, -0.1) is 0 Å². The number of anilines is 1. The Hall–Kier alpha value is -2.22. The molecular formula is C20H20ClN2O5PS. The smallest absolute Gasteiger partial charge is 0.356 e. The van der Waals surface area contributed by atoms with E-state index in [0.29, 0.717) is 32.4 Å². The molecule has 3 rings (SSSR count). The summed E-state index contributed by atoms with van der Waals surface area (Å²) in [6.45, 7) is 4.15. The van der Waals surface area contributed by atoms with Crippen molar-refractivity contribution in [2.24, 2.45) is 5.92 Å². The van der Waals surface area contributed by atoms with Crippen LogP contribution in [0, 0.1) is 5.92 Å². The van der Waals surface area contributed by atoms with Gasteiger partial charge in [0.15, 0.2) is 5.13 Å². The summed E-state index contributed by atoms with van der Waals surface area (Å²) in [6, 6.07) is 10.8. The van der Waals surface area contributed by atoms with Crippen LogP contribution in [0.3, 0.4) is 0 Å². The molecular weight excluding hydrogens is 447 g/mol. The van der Waals surface area contributed by atoms with Crippen molar-refractivity contribution in [3.63, 3.8) is 0 Å². The first kappa shape index (κ1) is 22.5. The molecule has 0 bridgehead atoms. The number of nitrogens with one attached hydrogen (secondary N) is 1. The monoisotopic (exact) mass is 466 g/mol. The van der Waals surface area contributed by atoms with Gasteiger partial charge in [0.25, 0.3) is 5.91 Å². The van der Waals surface area contributed by atoms with E-state index in [4.69, 9.17) is 16.3 Å². The van der Waals surface area contributed by atoms with E-state index in [2.05, 4.69) is 24.1 Å². The Bertz CT molecular complexity index is 1090. The molecule has 7 nitrogen and oxygen atoms in total. The lowest BCUT2D eigenvalue weighted by Crippen LogP contribution is -2.12. The van der Waals surface area contributed by atoms with E-state index in [1.807, 2.05) is 6.07 Å². The molecule has 0 unspecified atom stereocenters. The first-order valence-electron chi connectivity index (χ1n) is 9.01. The molecule has 0 atom stereocenters. The van der Waals surface area contributed by atoms with Crippen LogP contribution in [0.25, 0.3) is 0 Å². The number of thiazole rings is 1. The van der Waals surface area contributed by atoms with Crippen molar-refractivity contribution in [2.45, 2.75) is 20.3 Å². The molecule has 1 heterocycles. The topological polar surface area (TPSA) is 109 Å². The van der Waals surface area contributed by atoms with Crippen LogP contribution in [-0.2, 0) is 11.0 Å². The molecule has 3 N–H and O–H groups in total. The van der Waals surface area contributed by atoms with Crippen molar-refractivity contribution >= 4 is 46.9 Å². The fourth-order valence-electron chi connectivity index (χ4n) is 2.77. The van der Waals surface area contributed by atoms with E-state index in [1.54, 1.807) is 12.1 Å². The fourth-order valence-corrected chi connectivity index (χ4v) is 4.11. The number of hydrogen-bond donors (Lipinski definition) is 3. The molecule has 0 aliphatic heterocycles. The zero-order valence-corrected chi connectivity index (χ0v) is 18.7. The molecule has 3 aromatic rings. The number of hydrogen-bond acceptors (Lipinski definition) is 5. The largest absolute Gasteiger partial charge is 0.457 e. The normalized spacial score (nSPS) is 11.5. The number of rotatable bonds is 7. The second-order valence-corrected chi connectivity index (χ2v) is 10.3. The number of carbonyl (C=O) groups excluding carboxylic acids is 1. The summed E-state index contributed by atoms with van der Waals surface area (Å²) in [5, 5.41) is 3.02. The third-order valence-electron chi connectivity index (χ3n) is 3.98. The first-order chi connectivity index (χ1) is 14.1. The van der Waals surface area contributed by atoms with E-state index in [0.717, 1.165) is 23.3 Å². The van der Waals surface area contributed by atoms with Crippen molar-refractivity contribution in [3.8, 4) is 11.5 Å². The van der Waals surface area contributed by atoms with Gasteiger partial charge in [0, 0.05) is 5.56 Å². The van der Waals surface area contributed by atoms with Crippen molar-refractivity contribution < 1.29 is 23.9 Å². The van der Waals surface area contributed by atoms with Gasteiger partial charge >= 0.3 is 7.60 Å². The molecule has 0 radical (unpaired) electrons. The Morgan fingerprint density at radius 1 is 1.20 bits per heavy atom. The molecule has 0 aliphatic rings. The molecule has 1 amide bonds. The Morgan fingerprint density at radius 3 is 2.47 bits per heavy atom. The average Bonchev–Trinajstić information content (AvgIpc) is 3.05. The molecule has 0 saturated carbocycles. The summed E-state index contributed by atoms with van der Waals surface area (Å²) >= 11 is 7.03. The summed E-state index contributed by atoms with van der Waals surface area (Å²) in [5.74, 6) is 0.871. The van der Waals surface area contributed by atoms with E-state index in [-0.39, 0.29) is 11.2 Å². The van der Waals surface area contributed by atoms with Crippen LogP contribution in [0.2, 0.25) is 4.34 Å². The SMILES string of the molecule is CC(C)Cc1cc(Oc2ccc(P(=O)(O)O)cc2)cc(C(=O)Nc2ncc(Cl)s2)c1. The lowest BCUT2D eigenvalue weighted by molar-refractivity contribution is 0.102. The molecule has 0 spiro atoms. The highest BCUT2D eigenvalue weighted by molar-refractivity contribution is 7.60. The minimum atomic E-state index is -4.32. The third kappa shape index (κ3) is 6.14. The van der Waals surface area contributed by atoms with Crippen LogP contribution < -0.4 is 15.4 Å². The van der Waals surface area contributed by atoms with Crippen LogP contribution in [0.5, 0.6) is 11.5 Å². The number of nitrogens with zero attached hydrogens (tertiary/aromatic N) is 1. The minimum Gasteiger partial charge on any atom is -0.457 e. The van der Waals surface area contributed by atoms with Gasteiger partial charge in [-0.05, 0) is 60.4 Å². The van der Waals surface area contributed by atoms with Crippen molar-refractivity contribution in [2.75, 3.05) is 5.32 Å². The van der Waals surface area contributed by atoms with Gasteiger partial charge in [0.05, 0.1) is 11.5 Å². The summed E-state index contributed by atoms with van der Waals surface area (Å²) in [6.07, 6.45) is 2.21. The number of amides is 1. The number of aromatic nitrogens is 1. The average molecular weight is 467 g/mol. The summed E-state index contributed by atoms with van der Waals surface area (Å²) in [7, 11) is -4.32. The van der Waals surface area contributed by atoms with E-state index in [1.165, 1.54) is 30.5 Å². The molecule has 10 heteroatoms. The molecule has 0 aliphatic carbocycles. The van der Waals surface area contributed by atoms with E-state index < -0.39 is 7.60 Å². The highest BCUT2D eigenvalue weighted by atomic mass is 35.5. The highest BCUT2D eigenvalue weighted by Gasteiger charge is 2.17. The first-order valence-corrected chi connectivity index (χ1v) is 11.8. The molecule has 0 fully saturated rings. The van der Waals surface area contributed by atoms with Gasteiger partial charge < -0.3 is 14.5 Å². The maximum atomic E-state index is 12.7. The zero-order chi connectivity index (χ0) is 21.9. The summed E-state index contributed by atoms with van der Waals surface area (Å²) in [4.78, 5) is 35.2. The predicted molar refractivity (Wildman–Crippen MR) is 118 cm³/mol. The maximum absolute atomic E-state index is 12.7. The Morgan fingerprint density at radius 2 is 1.90 bits per heavy atom. The lowest BCUT2D eigenvalue weighted by Gasteiger charge is -2.13. The molecule has 158 valence electrons. The van der Waals surface area contributed by atoms with Crippen molar-refractivity contribution in [1.29, 1.82) is 0 Å². The quantitative estimate of drug-likeness (QED) is 0.430. The van der Waals surface area contributed by atoms with Crippen LogP contribution in [0.4, 0.5) is 5.13 Å². The molecule has 0 saturated heterocycles. The Kier molecular flexibility index (Phi) is 6.95. The van der Waals surface area contributed by atoms with E-state index in [9.17, 15) is 19.1 Å². The van der Waals surface area contributed by atoms with Crippen LogP contribution in [0.1, 0.15) is 29.8 Å². The van der Waals surface area contributed by atoms with E-state index >= 15 is 0 Å². The van der Waals surface area contributed by atoms with Crippen LogP contribution >= 0.6 is 30.5 Å². The number of halogens is 1. The zero-order valence-electron chi connectivity index (χ0n) is 16.2. The van der Waals surface area contributed by atoms with Gasteiger partial charge in [-0.25, -0.2) is 4.98 Å². The van der Waals surface area contributed by atoms with Crippen molar-refractivity contribution in [3.05, 3.63) is 64.1 Å². The number of benzene rings is 2. The predicted octanol–water partition coefficient (Wildman–Crippen LogP) is 4.84. The number of ether oxygens (including phenoxy) is 1. The Labute approximate surface area is 182 Å². The second kappa shape index (κ2) is 9.29. The standard InChI is InChI=1S/C20H20ClN2O5PS/c1-12(2)7-13-8-14(19(24)23-20-22-11-18(21)30-20)10-16(9-13)28-15-3-5-17(6-4-15)29(25,26)27/h3-6,8-12H,7H2,1-2H3,(H,22,23,24)(H2,25,26,27). The lowest BCUT2D eigenvalue weighted by atomic mass is 10.0. The summed E-state index contributed by atoms with van der Waals surface area (Å²) in [5.41, 5.74) is 1.33.